The summed E-state index contributed by atoms with van der Waals surface area (Å²) in [6.07, 6.45) is 0. The van der Waals surface area contributed by atoms with Crippen LogP contribution < -0.4 is 11.1 Å². The lowest BCUT2D eigenvalue weighted by atomic mass is 10.2. The molecule has 0 aliphatic heterocycles. The van der Waals surface area contributed by atoms with E-state index in [1.54, 1.807) is 0 Å². The van der Waals surface area contributed by atoms with Gasteiger partial charge in [-0.2, -0.15) is 0 Å². The van der Waals surface area contributed by atoms with Crippen molar-refractivity contribution in [3.05, 3.63) is 56.9 Å². The van der Waals surface area contributed by atoms with Crippen LogP contribution in [0.2, 0.25) is 0 Å². The Hall–Kier alpha value is -1.44. The van der Waals surface area contributed by atoms with Crippen molar-refractivity contribution in [3.8, 4) is 0 Å². The van der Waals surface area contributed by atoms with Crippen molar-refractivity contribution in [1.82, 2.24) is 0 Å². The fraction of sp³-hybridized carbons (Fsp3) is 0.0769. The molecule has 0 radical (unpaired) electrons. The van der Waals surface area contributed by atoms with E-state index in [-0.39, 0.29) is 12.1 Å². The Labute approximate surface area is 122 Å². The van der Waals surface area contributed by atoms with Gasteiger partial charge in [-0.25, -0.2) is 13.2 Å². The van der Waals surface area contributed by atoms with Crippen molar-refractivity contribution >= 4 is 34.0 Å². The monoisotopic (exact) mass is 378 g/mol. The molecule has 0 fully saturated rings. The second kappa shape index (κ2) is 5.68. The third kappa shape index (κ3) is 3.31. The lowest BCUT2D eigenvalue weighted by Crippen LogP contribution is -2.05. The number of halogens is 4. The van der Waals surface area contributed by atoms with Crippen LogP contribution in [0.1, 0.15) is 5.56 Å². The molecule has 0 bridgehead atoms. The van der Waals surface area contributed by atoms with E-state index in [4.69, 9.17) is 5.73 Å². The summed E-state index contributed by atoms with van der Waals surface area (Å²) >= 11 is 1.82. The Morgan fingerprint density at radius 2 is 1.79 bits per heavy atom. The number of nitrogens with one attached hydrogen (secondary N) is 1. The third-order valence-corrected chi connectivity index (χ3v) is 3.40. The lowest BCUT2D eigenvalue weighted by molar-refractivity contribution is 0.587. The standard InChI is InChI=1S/C13H10F3IN2/c14-8-1-2-9(15)7(3-8)6-19-13-4-10(16)11(17)5-12(13)18/h1-5,19H,6,18H2. The summed E-state index contributed by atoms with van der Waals surface area (Å²) in [7, 11) is 0. The van der Waals surface area contributed by atoms with E-state index < -0.39 is 17.5 Å². The highest BCUT2D eigenvalue weighted by molar-refractivity contribution is 14.1. The van der Waals surface area contributed by atoms with Crippen LogP contribution in [0.15, 0.2) is 30.3 Å². The Kier molecular flexibility index (Phi) is 4.18. The number of nitrogen functional groups attached to an aromatic ring is 1. The Morgan fingerprint density at radius 1 is 1.05 bits per heavy atom. The normalized spacial score (nSPS) is 10.5. The number of benzene rings is 2. The number of anilines is 2. The number of hydrogen-bond donors (Lipinski definition) is 2. The van der Waals surface area contributed by atoms with Gasteiger partial charge in [0.1, 0.15) is 17.5 Å². The molecular weight excluding hydrogens is 368 g/mol. The van der Waals surface area contributed by atoms with Gasteiger partial charge in [0, 0.05) is 18.2 Å². The van der Waals surface area contributed by atoms with E-state index in [1.165, 1.54) is 12.1 Å². The van der Waals surface area contributed by atoms with Gasteiger partial charge in [-0.3, -0.25) is 0 Å². The van der Waals surface area contributed by atoms with Crippen molar-refractivity contribution < 1.29 is 13.2 Å². The van der Waals surface area contributed by atoms with E-state index in [2.05, 4.69) is 5.32 Å². The van der Waals surface area contributed by atoms with E-state index in [1.807, 2.05) is 22.6 Å². The first-order valence-corrected chi connectivity index (χ1v) is 6.47. The van der Waals surface area contributed by atoms with Crippen molar-refractivity contribution in [2.45, 2.75) is 6.54 Å². The fourth-order valence-electron chi connectivity index (χ4n) is 1.58. The number of nitrogens with two attached hydrogens (primary N) is 1. The first kappa shape index (κ1) is 14.0. The second-order valence-corrected chi connectivity index (χ2v) is 5.11. The summed E-state index contributed by atoms with van der Waals surface area (Å²) in [6, 6.07) is 5.87. The van der Waals surface area contributed by atoms with Crippen LogP contribution in [0, 0.1) is 21.0 Å². The molecule has 3 N–H and O–H groups in total. The summed E-state index contributed by atoms with van der Waals surface area (Å²) in [6.45, 7) is 0.0217. The van der Waals surface area contributed by atoms with Crippen LogP contribution in [0.25, 0.3) is 0 Å². The first-order valence-electron chi connectivity index (χ1n) is 5.39. The molecule has 0 amide bonds. The highest BCUT2D eigenvalue weighted by Gasteiger charge is 2.08. The maximum absolute atomic E-state index is 13.4. The van der Waals surface area contributed by atoms with Crippen LogP contribution in [-0.4, -0.2) is 0 Å². The van der Waals surface area contributed by atoms with Crippen molar-refractivity contribution in [1.29, 1.82) is 0 Å². The van der Waals surface area contributed by atoms with Gasteiger partial charge >= 0.3 is 0 Å². The highest BCUT2D eigenvalue weighted by Crippen LogP contribution is 2.24. The summed E-state index contributed by atoms with van der Waals surface area (Å²) < 4.78 is 40.2. The molecule has 0 aliphatic carbocycles. The first-order chi connectivity index (χ1) is 8.97. The van der Waals surface area contributed by atoms with Gasteiger partial charge in [-0.1, -0.05) is 0 Å². The molecule has 100 valence electrons. The van der Waals surface area contributed by atoms with E-state index >= 15 is 0 Å². The predicted molar refractivity (Wildman–Crippen MR) is 77.2 cm³/mol. The minimum atomic E-state index is -0.529. The SMILES string of the molecule is Nc1cc(I)c(F)cc1NCc1cc(F)ccc1F. The van der Waals surface area contributed by atoms with Crippen LogP contribution in [0.5, 0.6) is 0 Å². The predicted octanol–water partition coefficient (Wildman–Crippen LogP) is 3.90. The molecule has 2 aromatic carbocycles. The van der Waals surface area contributed by atoms with Gasteiger partial charge in [0.05, 0.1) is 14.9 Å². The molecule has 19 heavy (non-hydrogen) atoms. The quantitative estimate of drug-likeness (QED) is 0.628. The smallest absolute Gasteiger partial charge is 0.138 e. The molecule has 0 aromatic heterocycles. The fourth-order valence-corrected chi connectivity index (χ4v) is 2.08. The molecule has 0 saturated heterocycles. The van der Waals surface area contributed by atoms with Gasteiger partial charge in [0.2, 0.25) is 0 Å². The van der Waals surface area contributed by atoms with Crippen molar-refractivity contribution in [2.24, 2.45) is 0 Å². The summed E-state index contributed by atoms with van der Waals surface area (Å²) in [4.78, 5) is 0. The highest BCUT2D eigenvalue weighted by atomic mass is 127. The molecule has 2 rings (SSSR count). The molecule has 0 atom stereocenters. The zero-order valence-electron chi connectivity index (χ0n) is 9.68. The van der Waals surface area contributed by atoms with E-state index in [0.29, 0.717) is 14.9 Å². The molecule has 0 aliphatic rings. The van der Waals surface area contributed by atoms with Crippen LogP contribution in [0.3, 0.4) is 0 Å². The van der Waals surface area contributed by atoms with Gasteiger partial charge in [0.15, 0.2) is 0 Å². The van der Waals surface area contributed by atoms with E-state index in [9.17, 15) is 13.2 Å². The molecule has 0 heterocycles. The maximum Gasteiger partial charge on any atom is 0.138 e. The Balaban J connectivity index is 2.19. The topological polar surface area (TPSA) is 38.0 Å². The number of rotatable bonds is 3. The minimum Gasteiger partial charge on any atom is -0.397 e. The average Bonchev–Trinajstić information content (AvgIpc) is 2.36. The van der Waals surface area contributed by atoms with Crippen molar-refractivity contribution in [2.75, 3.05) is 11.1 Å². The summed E-state index contributed by atoms with van der Waals surface area (Å²) in [5, 5.41) is 2.79. The van der Waals surface area contributed by atoms with Crippen molar-refractivity contribution in [3.63, 3.8) is 0 Å². The van der Waals surface area contributed by atoms with Gasteiger partial charge in [-0.05, 0) is 46.9 Å². The third-order valence-electron chi connectivity index (χ3n) is 2.57. The molecular formula is C13H10F3IN2. The molecule has 0 saturated carbocycles. The van der Waals surface area contributed by atoms with Crippen LogP contribution >= 0.6 is 22.6 Å². The summed E-state index contributed by atoms with van der Waals surface area (Å²) in [5.74, 6) is -1.48. The summed E-state index contributed by atoms with van der Waals surface area (Å²) in [5.41, 5.74) is 6.57. The van der Waals surface area contributed by atoms with Crippen LogP contribution in [-0.2, 0) is 6.54 Å². The molecule has 0 spiro atoms. The van der Waals surface area contributed by atoms with Gasteiger partial charge in [-0.15, -0.1) is 0 Å². The van der Waals surface area contributed by atoms with Crippen LogP contribution in [0.4, 0.5) is 24.5 Å². The average molecular weight is 378 g/mol. The second-order valence-electron chi connectivity index (χ2n) is 3.94. The number of hydrogen-bond acceptors (Lipinski definition) is 2. The van der Waals surface area contributed by atoms with Gasteiger partial charge < -0.3 is 11.1 Å². The Morgan fingerprint density at radius 3 is 2.53 bits per heavy atom. The molecule has 0 unspecified atom stereocenters. The Bertz CT molecular complexity index is 617. The van der Waals surface area contributed by atoms with E-state index in [0.717, 1.165) is 18.2 Å². The largest absolute Gasteiger partial charge is 0.397 e. The zero-order valence-corrected chi connectivity index (χ0v) is 11.8. The van der Waals surface area contributed by atoms with Gasteiger partial charge in [0.25, 0.3) is 0 Å². The lowest BCUT2D eigenvalue weighted by Gasteiger charge is -2.11. The molecule has 2 nitrogen and oxygen atoms in total. The minimum absolute atomic E-state index is 0.0217. The maximum atomic E-state index is 13.4. The zero-order chi connectivity index (χ0) is 14.0. The molecule has 2 aromatic rings. The molecule has 6 heteroatoms.